The third-order valence-corrected chi connectivity index (χ3v) is 3.92. The van der Waals surface area contributed by atoms with E-state index in [0.29, 0.717) is 5.56 Å². The summed E-state index contributed by atoms with van der Waals surface area (Å²) in [6.07, 6.45) is -0.611. The number of aromatic amines is 1. The predicted molar refractivity (Wildman–Crippen MR) is 71.9 cm³/mol. The van der Waals surface area contributed by atoms with Crippen LogP contribution < -0.4 is 5.69 Å². The summed E-state index contributed by atoms with van der Waals surface area (Å²) in [6, 6.07) is 0. The van der Waals surface area contributed by atoms with Gasteiger partial charge in [0.05, 0.1) is 12.7 Å². The molecule has 2 rings (SSSR count). The molecule has 3 N–H and O–H groups in total. The van der Waals surface area contributed by atoms with Gasteiger partial charge in [0.2, 0.25) is 5.72 Å². The molecule has 0 spiro atoms. The Bertz CT molecular complexity index is 652. The molecule has 8 heteroatoms. The van der Waals surface area contributed by atoms with Gasteiger partial charge in [-0.25, -0.2) is 4.79 Å². The van der Waals surface area contributed by atoms with Crippen LogP contribution in [0.2, 0.25) is 0 Å². The Hall–Kier alpha value is -1.35. The first-order valence-electron chi connectivity index (χ1n) is 6.12. The SMILES string of the molecule is CC(=O)[C@]1(n2cc(C)c(=S)[nH]c2=O)C[C@H](O)[C@@H](CO)O1. The Morgan fingerprint density at radius 2 is 2.35 bits per heavy atom. The summed E-state index contributed by atoms with van der Waals surface area (Å²) in [5.74, 6) is -0.431. The average Bonchev–Trinajstić information content (AvgIpc) is 2.72. The van der Waals surface area contributed by atoms with Gasteiger partial charge in [0.25, 0.3) is 0 Å². The lowest BCUT2D eigenvalue weighted by molar-refractivity contribution is -0.160. The highest BCUT2D eigenvalue weighted by molar-refractivity contribution is 7.71. The smallest absolute Gasteiger partial charge is 0.329 e. The van der Waals surface area contributed by atoms with E-state index in [1.165, 1.54) is 13.1 Å². The number of carbonyl (C=O) groups excluding carboxylic acids is 1. The maximum Gasteiger partial charge on any atom is 0.329 e. The van der Waals surface area contributed by atoms with Crippen LogP contribution >= 0.6 is 12.2 Å². The zero-order valence-corrected chi connectivity index (χ0v) is 11.9. The van der Waals surface area contributed by atoms with Crippen LogP contribution in [-0.4, -0.2) is 44.4 Å². The lowest BCUT2D eigenvalue weighted by Gasteiger charge is -2.28. The molecule has 3 atom stereocenters. The summed E-state index contributed by atoms with van der Waals surface area (Å²) in [6.45, 7) is 2.53. The van der Waals surface area contributed by atoms with Crippen LogP contribution in [0.15, 0.2) is 11.0 Å². The fourth-order valence-electron chi connectivity index (χ4n) is 2.34. The molecule has 0 aliphatic carbocycles. The van der Waals surface area contributed by atoms with E-state index < -0.39 is 36.0 Å². The second-order valence-electron chi connectivity index (χ2n) is 4.89. The van der Waals surface area contributed by atoms with Gasteiger partial charge in [-0.05, 0) is 13.8 Å². The second-order valence-corrected chi connectivity index (χ2v) is 5.30. The number of ether oxygens (including phenoxy) is 1. The quantitative estimate of drug-likeness (QED) is 0.656. The number of nitrogens with one attached hydrogen (secondary N) is 1. The number of aryl methyl sites for hydroxylation is 1. The Morgan fingerprint density at radius 3 is 2.85 bits per heavy atom. The molecule has 1 saturated heterocycles. The number of aliphatic hydroxyl groups is 2. The summed E-state index contributed by atoms with van der Waals surface area (Å²) in [4.78, 5) is 26.5. The molecule has 1 aliphatic heterocycles. The standard InChI is InChI=1S/C12H16N2O5S/c1-6-4-14(11(18)13-10(6)20)12(7(2)16)3-8(17)9(5-15)19-12/h4,8-9,15,17H,3,5H2,1-2H3,(H,13,18,20)/t8-,9+,12-/m0/s1. The molecular formula is C12H16N2O5S. The number of Topliss-reactive ketones (excluding diaryl/α,β-unsaturated/α-hetero) is 1. The van der Waals surface area contributed by atoms with Gasteiger partial charge in [0.15, 0.2) is 5.78 Å². The zero-order chi connectivity index (χ0) is 15.1. The first-order chi connectivity index (χ1) is 9.31. The molecule has 1 fully saturated rings. The van der Waals surface area contributed by atoms with E-state index in [1.807, 2.05) is 0 Å². The van der Waals surface area contributed by atoms with Gasteiger partial charge in [-0.2, -0.15) is 0 Å². The largest absolute Gasteiger partial charge is 0.394 e. The number of carbonyl (C=O) groups is 1. The molecule has 0 bridgehead atoms. The number of ketones is 1. The number of hydrogen-bond donors (Lipinski definition) is 3. The molecule has 1 aromatic heterocycles. The van der Waals surface area contributed by atoms with Gasteiger partial charge < -0.3 is 14.9 Å². The summed E-state index contributed by atoms with van der Waals surface area (Å²) in [5.41, 5.74) is -1.61. The van der Waals surface area contributed by atoms with Crippen LogP contribution in [-0.2, 0) is 15.3 Å². The van der Waals surface area contributed by atoms with Crippen LogP contribution in [0, 0.1) is 11.6 Å². The molecule has 2 heterocycles. The maximum absolute atomic E-state index is 12.1. The summed E-state index contributed by atoms with van der Waals surface area (Å²) in [5, 5.41) is 19.0. The summed E-state index contributed by atoms with van der Waals surface area (Å²) in [7, 11) is 0. The van der Waals surface area contributed by atoms with Crippen molar-refractivity contribution in [3.63, 3.8) is 0 Å². The number of H-pyrrole nitrogens is 1. The van der Waals surface area contributed by atoms with Gasteiger partial charge in [-0.1, -0.05) is 12.2 Å². The number of aliphatic hydroxyl groups excluding tert-OH is 2. The van der Waals surface area contributed by atoms with E-state index in [0.717, 1.165) is 4.57 Å². The molecule has 20 heavy (non-hydrogen) atoms. The van der Waals surface area contributed by atoms with E-state index in [2.05, 4.69) is 4.98 Å². The fourth-order valence-corrected chi connectivity index (χ4v) is 2.48. The summed E-state index contributed by atoms with van der Waals surface area (Å²) >= 11 is 4.96. The highest BCUT2D eigenvalue weighted by Gasteiger charge is 2.51. The normalized spacial score (nSPS) is 29.6. The van der Waals surface area contributed by atoms with Crippen LogP contribution in [0.25, 0.3) is 0 Å². The molecule has 0 radical (unpaired) electrons. The molecular weight excluding hydrogens is 284 g/mol. The summed E-state index contributed by atoms with van der Waals surface area (Å²) < 4.78 is 6.87. The van der Waals surface area contributed by atoms with Crippen molar-refractivity contribution in [1.29, 1.82) is 0 Å². The van der Waals surface area contributed by atoms with Crippen molar-refractivity contribution in [2.45, 2.75) is 38.2 Å². The van der Waals surface area contributed by atoms with Gasteiger partial charge >= 0.3 is 5.69 Å². The average molecular weight is 300 g/mol. The van der Waals surface area contributed by atoms with Crippen LogP contribution in [0.5, 0.6) is 0 Å². The Labute approximate surface area is 119 Å². The Balaban J connectivity index is 2.62. The van der Waals surface area contributed by atoms with Crippen molar-refractivity contribution in [3.05, 3.63) is 26.9 Å². The van der Waals surface area contributed by atoms with E-state index in [-0.39, 0.29) is 11.1 Å². The van der Waals surface area contributed by atoms with Crippen LogP contribution in [0.4, 0.5) is 0 Å². The first-order valence-corrected chi connectivity index (χ1v) is 6.53. The Morgan fingerprint density at radius 1 is 1.70 bits per heavy atom. The minimum absolute atomic E-state index is 0.0997. The highest BCUT2D eigenvalue weighted by Crippen LogP contribution is 2.35. The third-order valence-electron chi connectivity index (χ3n) is 3.50. The lowest BCUT2D eigenvalue weighted by Crippen LogP contribution is -2.47. The van der Waals surface area contributed by atoms with Crippen LogP contribution in [0.1, 0.15) is 18.9 Å². The van der Waals surface area contributed by atoms with Crippen molar-refractivity contribution in [3.8, 4) is 0 Å². The van der Waals surface area contributed by atoms with Crippen molar-refractivity contribution in [2.24, 2.45) is 0 Å². The van der Waals surface area contributed by atoms with Gasteiger partial charge in [0, 0.05) is 18.2 Å². The lowest BCUT2D eigenvalue weighted by atomic mass is 10.0. The molecule has 7 nitrogen and oxygen atoms in total. The van der Waals surface area contributed by atoms with E-state index in [1.54, 1.807) is 6.92 Å². The number of aromatic nitrogens is 2. The topological polar surface area (TPSA) is 105 Å². The first kappa shape index (κ1) is 15.0. The van der Waals surface area contributed by atoms with Crippen LogP contribution in [0.3, 0.4) is 0 Å². The van der Waals surface area contributed by atoms with Crippen molar-refractivity contribution in [2.75, 3.05) is 6.61 Å². The van der Waals surface area contributed by atoms with Gasteiger partial charge in [-0.3, -0.25) is 14.3 Å². The maximum atomic E-state index is 12.1. The number of nitrogens with zero attached hydrogens (tertiary/aromatic N) is 1. The molecule has 0 aromatic carbocycles. The molecule has 0 saturated carbocycles. The van der Waals surface area contributed by atoms with Gasteiger partial charge in [-0.15, -0.1) is 0 Å². The number of rotatable bonds is 3. The zero-order valence-electron chi connectivity index (χ0n) is 11.1. The van der Waals surface area contributed by atoms with Gasteiger partial charge in [0.1, 0.15) is 10.7 Å². The number of hydrogen-bond acceptors (Lipinski definition) is 6. The molecule has 0 unspecified atom stereocenters. The molecule has 1 aliphatic rings. The Kier molecular flexibility index (Phi) is 3.92. The highest BCUT2D eigenvalue weighted by atomic mass is 32.1. The molecule has 1 aromatic rings. The van der Waals surface area contributed by atoms with Crippen molar-refractivity contribution < 1.29 is 19.7 Å². The second kappa shape index (κ2) is 5.21. The monoisotopic (exact) mass is 300 g/mol. The minimum atomic E-state index is -1.62. The third kappa shape index (κ3) is 2.24. The van der Waals surface area contributed by atoms with E-state index in [4.69, 9.17) is 22.1 Å². The molecule has 0 amide bonds. The van der Waals surface area contributed by atoms with E-state index in [9.17, 15) is 14.7 Å². The fraction of sp³-hybridized carbons (Fsp3) is 0.583. The van der Waals surface area contributed by atoms with Crippen molar-refractivity contribution in [1.82, 2.24) is 9.55 Å². The predicted octanol–water partition coefficient (Wildman–Crippen LogP) is -0.402. The van der Waals surface area contributed by atoms with E-state index >= 15 is 0 Å². The van der Waals surface area contributed by atoms with Crippen molar-refractivity contribution >= 4 is 18.0 Å². The minimum Gasteiger partial charge on any atom is -0.394 e. The molecule has 110 valence electrons.